The van der Waals surface area contributed by atoms with Crippen molar-refractivity contribution in [2.75, 3.05) is 20.8 Å². The molecular formula is C17H17NO5. The number of benzene rings is 2. The fourth-order valence-corrected chi connectivity index (χ4v) is 1.84. The number of aliphatic imine (C=N–C) groups is 1. The van der Waals surface area contributed by atoms with E-state index in [1.54, 1.807) is 31.5 Å². The number of carboxylic acid groups (broad SMARTS) is 1. The largest absolute Gasteiger partial charge is 0.497 e. The molecule has 0 aliphatic carbocycles. The average molecular weight is 315 g/mol. The zero-order valence-electron chi connectivity index (χ0n) is 12.9. The minimum Gasteiger partial charge on any atom is -0.497 e. The van der Waals surface area contributed by atoms with E-state index in [1.807, 2.05) is 24.3 Å². The molecule has 6 heteroatoms. The van der Waals surface area contributed by atoms with Gasteiger partial charge in [0.05, 0.1) is 19.9 Å². The van der Waals surface area contributed by atoms with Crippen molar-refractivity contribution >= 4 is 17.9 Å². The molecule has 0 aliphatic rings. The number of aliphatic carboxylic acids is 1. The summed E-state index contributed by atoms with van der Waals surface area (Å²) in [5.74, 6) is 0.546. The molecule has 2 aromatic carbocycles. The Morgan fingerprint density at radius 2 is 1.83 bits per heavy atom. The van der Waals surface area contributed by atoms with E-state index in [2.05, 4.69) is 4.99 Å². The Labute approximate surface area is 134 Å². The summed E-state index contributed by atoms with van der Waals surface area (Å²) in [6.45, 7) is -0.421. The molecule has 0 atom stereocenters. The van der Waals surface area contributed by atoms with Gasteiger partial charge in [0.15, 0.2) is 18.1 Å². The van der Waals surface area contributed by atoms with E-state index in [-0.39, 0.29) is 0 Å². The summed E-state index contributed by atoms with van der Waals surface area (Å²) in [5.41, 5.74) is 1.59. The normalized spacial score (nSPS) is 10.5. The van der Waals surface area contributed by atoms with Crippen LogP contribution in [0.2, 0.25) is 0 Å². The number of ether oxygens (including phenoxy) is 3. The Balaban J connectivity index is 2.12. The lowest BCUT2D eigenvalue weighted by Crippen LogP contribution is -2.10. The van der Waals surface area contributed by atoms with Crippen molar-refractivity contribution in [1.29, 1.82) is 0 Å². The fourth-order valence-electron chi connectivity index (χ4n) is 1.84. The number of hydrogen-bond donors (Lipinski definition) is 1. The fraction of sp³-hybridized carbons (Fsp3) is 0.176. The second-order valence-corrected chi connectivity index (χ2v) is 4.55. The van der Waals surface area contributed by atoms with Gasteiger partial charge in [0.1, 0.15) is 5.75 Å². The smallest absolute Gasteiger partial charge is 0.341 e. The first-order valence-corrected chi connectivity index (χ1v) is 6.83. The number of nitrogens with zero attached hydrogens (tertiary/aromatic N) is 1. The van der Waals surface area contributed by atoms with E-state index in [4.69, 9.17) is 19.3 Å². The van der Waals surface area contributed by atoms with Crippen molar-refractivity contribution < 1.29 is 24.1 Å². The molecule has 0 unspecified atom stereocenters. The Morgan fingerprint density at radius 1 is 1.09 bits per heavy atom. The van der Waals surface area contributed by atoms with Crippen molar-refractivity contribution in [3.05, 3.63) is 48.0 Å². The summed E-state index contributed by atoms with van der Waals surface area (Å²) in [4.78, 5) is 14.9. The minimum atomic E-state index is -1.04. The zero-order chi connectivity index (χ0) is 16.7. The van der Waals surface area contributed by atoms with Gasteiger partial charge in [0, 0.05) is 6.21 Å². The van der Waals surface area contributed by atoms with Gasteiger partial charge in [-0.15, -0.1) is 0 Å². The van der Waals surface area contributed by atoms with Crippen molar-refractivity contribution in [3.63, 3.8) is 0 Å². The van der Waals surface area contributed by atoms with Crippen LogP contribution in [0.4, 0.5) is 5.69 Å². The number of hydrogen-bond acceptors (Lipinski definition) is 5. The molecule has 0 spiro atoms. The molecule has 2 aromatic rings. The van der Waals surface area contributed by atoms with Gasteiger partial charge in [-0.25, -0.2) is 4.79 Å². The van der Waals surface area contributed by atoms with Gasteiger partial charge >= 0.3 is 5.97 Å². The minimum absolute atomic E-state index is 0.372. The molecule has 0 aliphatic heterocycles. The Morgan fingerprint density at radius 3 is 2.43 bits per heavy atom. The molecule has 6 nitrogen and oxygen atoms in total. The van der Waals surface area contributed by atoms with E-state index < -0.39 is 12.6 Å². The van der Waals surface area contributed by atoms with Crippen LogP contribution >= 0.6 is 0 Å². The quantitative estimate of drug-likeness (QED) is 0.795. The van der Waals surface area contributed by atoms with Crippen LogP contribution in [0.5, 0.6) is 17.2 Å². The van der Waals surface area contributed by atoms with Gasteiger partial charge < -0.3 is 19.3 Å². The van der Waals surface area contributed by atoms with E-state index in [9.17, 15) is 4.79 Å². The van der Waals surface area contributed by atoms with Crippen LogP contribution in [0, 0.1) is 0 Å². The van der Waals surface area contributed by atoms with Crippen LogP contribution in [0.15, 0.2) is 47.5 Å². The third kappa shape index (κ3) is 4.74. The van der Waals surface area contributed by atoms with Crippen molar-refractivity contribution in [3.8, 4) is 17.2 Å². The molecule has 0 amide bonds. The number of methoxy groups -OCH3 is 2. The molecule has 2 rings (SSSR count). The molecule has 0 saturated heterocycles. The summed E-state index contributed by atoms with van der Waals surface area (Å²) in [7, 11) is 3.10. The van der Waals surface area contributed by atoms with Crippen molar-refractivity contribution in [1.82, 2.24) is 0 Å². The highest BCUT2D eigenvalue weighted by molar-refractivity contribution is 5.83. The van der Waals surface area contributed by atoms with Gasteiger partial charge in [-0.05, 0) is 48.0 Å². The molecule has 23 heavy (non-hydrogen) atoms. The van der Waals surface area contributed by atoms with Gasteiger partial charge in [-0.2, -0.15) is 0 Å². The molecule has 120 valence electrons. The van der Waals surface area contributed by atoms with Crippen molar-refractivity contribution in [2.45, 2.75) is 0 Å². The first kappa shape index (κ1) is 16.4. The Bertz CT molecular complexity index is 695. The highest BCUT2D eigenvalue weighted by Gasteiger charge is 2.07. The lowest BCUT2D eigenvalue weighted by atomic mass is 10.2. The molecule has 0 aromatic heterocycles. The molecule has 0 saturated carbocycles. The topological polar surface area (TPSA) is 77.4 Å². The highest BCUT2D eigenvalue weighted by Crippen LogP contribution is 2.27. The summed E-state index contributed by atoms with van der Waals surface area (Å²) in [5, 5.41) is 8.64. The second kappa shape index (κ2) is 7.84. The third-order valence-corrected chi connectivity index (χ3v) is 2.97. The van der Waals surface area contributed by atoms with Crippen LogP contribution in [0.3, 0.4) is 0 Å². The highest BCUT2D eigenvalue weighted by atomic mass is 16.5. The SMILES string of the molecule is COc1ccc(N=Cc2ccc(OCC(=O)O)c(OC)c2)cc1. The van der Waals surface area contributed by atoms with Crippen LogP contribution in [-0.2, 0) is 4.79 Å². The Kier molecular flexibility index (Phi) is 5.57. The first-order chi connectivity index (χ1) is 11.1. The van der Waals surface area contributed by atoms with E-state index in [0.717, 1.165) is 17.0 Å². The van der Waals surface area contributed by atoms with E-state index in [1.165, 1.54) is 7.11 Å². The van der Waals surface area contributed by atoms with Crippen LogP contribution in [0.1, 0.15) is 5.56 Å². The maximum absolute atomic E-state index is 10.5. The molecular weight excluding hydrogens is 298 g/mol. The van der Waals surface area contributed by atoms with Crippen LogP contribution < -0.4 is 14.2 Å². The van der Waals surface area contributed by atoms with Crippen LogP contribution in [0.25, 0.3) is 0 Å². The summed E-state index contributed by atoms with van der Waals surface area (Å²) < 4.78 is 15.4. The molecule has 0 heterocycles. The third-order valence-electron chi connectivity index (χ3n) is 2.97. The molecule has 0 fully saturated rings. The van der Waals surface area contributed by atoms with Crippen molar-refractivity contribution in [2.24, 2.45) is 4.99 Å². The van der Waals surface area contributed by atoms with Gasteiger partial charge in [-0.3, -0.25) is 4.99 Å². The maximum Gasteiger partial charge on any atom is 0.341 e. The predicted octanol–water partition coefficient (Wildman–Crippen LogP) is 2.92. The second-order valence-electron chi connectivity index (χ2n) is 4.55. The van der Waals surface area contributed by atoms with Gasteiger partial charge in [0.25, 0.3) is 0 Å². The van der Waals surface area contributed by atoms with Gasteiger partial charge in [-0.1, -0.05) is 0 Å². The van der Waals surface area contributed by atoms with E-state index in [0.29, 0.717) is 11.5 Å². The first-order valence-electron chi connectivity index (χ1n) is 6.83. The molecule has 0 radical (unpaired) electrons. The predicted molar refractivity (Wildman–Crippen MR) is 86.4 cm³/mol. The Hall–Kier alpha value is -3.02. The lowest BCUT2D eigenvalue weighted by Gasteiger charge is -2.09. The summed E-state index contributed by atoms with van der Waals surface area (Å²) in [6, 6.07) is 12.5. The van der Waals surface area contributed by atoms with Crippen LogP contribution in [-0.4, -0.2) is 38.1 Å². The summed E-state index contributed by atoms with van der Waals surface area (Å²) in [6.07, 6.45) is 1.69. The molecule has 1 N–H and O–H groups in total. The number of rotatable bonds is 7. The maximum atomic E-state index is 10.5. The number of carbonyl (C=O) groups is 1. The van der Waals surface area contributed by atoms with E-state index >= 15 is 0 Å². The number of carboxylic acids is 1. The molecule has 0 bridgehead atoms. The van der Waals surface area contributed by atoms with Gasteiger partial charge in [0.2, 0.25) is 0 Å². The lowest BCUT2D eigenvalue weighted by molar-refractivity contribution is -0.139. The summed E-state index contributed by atoms with van der Waals surface area (Å²) >= 11 is 0. The average Bonchev–Trinajstić information content (AvgIpc) is 2.58. The zero-order valence-corrected chi connectivity index (χ0v) is 12.9. The standard InChI is InChI=1S/C17H17NO5/c1-21-14-6-4-13(5-7-14)18-10-12-3-8-15(16(9-12)22-2)23-11-17(19)20/h3-10H,11H2,1-2H3,(H,19,20). The monoisotopic (exact) mass is 315 g/mol.